The maximum Gasteiger partial charge on any atom is 0.181 e. The molecule has 1 aliphatic heterocycles. The van der Waals surface area contributed by atoms with Crippen molar-refractivity contribution in [2.45, 2.75) is 38.9 Å². The van der Waals surface area contributed by atoms with E-state index in [1.165, 1.54) is 6.33 Å². The van der Waals surface area contributed by atoms with E-state index in [1.54, 1.807) is 10.9 Å². The summed E-state index contributed by atoms with van der Waals surface area (Å²) in [6.07, 6.45) is 5.04. The van der Waals surface area contributed by atoms with Crippen LogP contribution in [-0.4, -0.2) is 44.0 Å². The zero-order valence-electron chi connectivity index (χ0n) is 13.4. The number of morpholine rings is 1. The van der Waals surface area contributed by atoms with Crippen molar-refractivity contribution in [1.82, 2.24) is 19.7 Å². The van der Waals surface area contributed by atoms with E-state index >= 15 is 0 Å². The van der Waals surface area contributed by atoms with E-state index in [-0.39, 0.29) is 11.2 Å². The first-order valence-corrected chi connectivity index (χ1v) is 7.33. The fourth-order valence-corrected chi connectivity index (χ4v) is 3.14. The molecule has 2 aromatic heterocycles. The molecule has 7 nitrogen and oxygen atoms in total. The Balaban J connectivity index is 2.00. The number of nitrogen functional groups attached to an aromatic ring is 1. The Morgan fingerprint density at radius 2 is 1.73 bits per heavy atom. The number of aromatic nitrogens is 4. The van der Waals surface area contributed by atoms with Crippen molar-refractivity contribution in [1.29, 1.82) is 0 Å². The van der Waals surface area contributed by atoms with Crippen molar-refractivity contribution in [3.63, 3.8) is 0 Å². The molecule has 0 aromatic carbocycles. The molecule has 3 rings (SSSR count). The van der Waals surface area contributed by atoms with Crippen LogP contribution >= 0.6 is 0 Å². The molecule has 1 aliphatic rings. The van der Waals surface area contributed by atoms with Crippen molar-refractivity contribution in [3.8, 4) is 5.82 Å². The van der Waals surface area contributed by atoms with Gasteiger partial charge in [0.25, 0.3) is 0 Å². The highest BCUT2D eigenvalue weighted by Gasteiger charge is 2.39. The number of hydrogen-bond donors (Lipinski definition) is 1. The SMILES string of the molecule is CC1(C)CN(c2ncnc(-n3cccn3)c2N)CC(C)(C)O1. The van der Waals surface area contributed by atoms with Gasteiger partial charge >= 0.3 is 0 Å². The van der Waals surface area contributed by atoms with Crippen LogP contribution in [0.25, 0.3) is 5.82 Å². The fourth-order valence-electron chi connectivity index (χ4n) is 3.14. The highest BCUT2D eigenvalue weighted by molar-refractivity contribution is 5.70. The summed E-state index contributed by atoms with van der Waals surface area (Å²) in [6, 6.07) is 1.84. The zero-order chi connectivity index (χ0) is 16.0. The molecule has 0 unspecified atom stereocenters. The van der Waals surface area contributed by atoms with Crippen LogP contribution in [0.3, 0.4) is 0 Å². The molecule has 3 heterocycles. The molecule has 0 radical (unpaired) electrons. The monoisotopic (exact) mass is 302 g/mol. The van der Waals surface area contributed by atoms with Crippen molar-refractivity contribution in [3.05, 3.63) is 24.8 Å². The summed E-state index contributed by atoms with van der Waals surface area (Å²) in [5, 5.41) is 4.19. The average Bonchev–Trinajstić information content (AvgIpc) is 2.88. The molecule has 0 amide bonds. The number of ether oxygens (including phenoxy) is 1. The van der Waals surface area contributed by atoms with E-state index in [9.17, 15) is 0 Å². The standard InChI is InChI=1S/C15H22N6O/c1-14(2)8-20(9-15(3,4)22-14)12-11(16)13(18-10-17-12)21-7-5-6-19-21/h5-7,10H,8-9,16H2,1-4H3. The lowest BCUT2D eigenvalue weighted by atomic mass is 9.99. The van der Waals surface area contributed by atoms with Gasteiger partial charge in [0.15, 0.2) is 11.6 Å². The lowest BCUT2D eigenvalue weighted by Crippen LogP contribution is -2.57. The summed E-state index contributed by atoms with van der Waals surface area (Å²) in [5.74, 6) is 1.32. The lowest BCUT2D eigenvalue weighted by molar-refractivity contribution is -0.133. The molecular weight excluding hydrogens is 280 g/mol. The van der Waals surface area contributed by atoms with Crippen LogP contribution in [0.1, 0.15) is 27.7 Å². The molecule has 0 aliphatic carbocycles. The normalized spacial score (nSPS) is 20.1. The summed E-state index contributed by atoms with van der Waals surface area (Å²) in [5.41, 5.74) is 6.30. The van der Waals surface area contributed by atoms with Crippen LogP contribution in [0.4, 0.5) is 11.5 Å². The minimum atomic E-state index is -0.273. The van der Waals surface area contributed by atoms with Gasteiger partial charge in [-0.3, -0.25) is 0 Å². The molecule has 0 atom stereocenters. The second-order valence-corrected chi connectivity index (χ2v) is 6.86. The Hall–Kier alpha value is -2.15. The second kappa shape index (κ2) is 4.95. The summed E-state index contributed by atoms with van der Waals surface area (Å²) in [4.78, 5) is 10.8. The van der Waals surface area contributed by atoms with Gasteiger partial charge in [0.05, 0.1) is 11.2 Å². The summed E-state index contributed by atoms with van der Waals surface area (Å²) in [7, 11) is 0. The minimum Gasteiger partial charge on any atom is -0.393 e. The van der Waals surface area contributed by atoms with Crippen LogP contribution in [-0.2, 0) is 4.74 Å². The second-order valence-electron chi connectivity index (χ2n) is 6.86. The van der Waals surface area contributed by atoms with Gasteiger partial charge in [0, 0.05) is 25.5 Å². The third kappa shape index (κ3) is 2.76. The Morgan fingerprint density at radius 3 is 2.32 bits per heavy atom. The molecule has 2 aromatic rings. The van der Waals surface area contributed by atoms with Crippen molar-refractivity contribution in [2.24, 2.45) is 0 Å². The maximum atomic E-state index is 6.31. The third-order valence-electron chi connectivity index (χ3n) is 3.56. The van der Waals surface area contributed by atoms with Gasteiger partial charge in [-0.25, -0.2) is 14.6 Å². The topological polar surface area (TPSA) is 82.1 Å². The van der Waals surface area contributed by atoms with Crippen LogP contribution in [0.5, 0.6) is 0 Å². The van der Waals surface area contributed by atoms with Gasteiger partial charge in [-0.05, 0) is 33.8 Å². The van der Waals surface area contributed by atoms with Crippen molar-refractivity contribution in [2.75, 3.05) is 23.7 Å². The molecule has 22 heavy (non-hydrogen) atoms. The molecule has 0 bridgehead atoms. The van der Waals surface area contributed by atoms with Gasteiger partial charge in [-0.15, -0.1) is 0 Å². The number of anilines is 2. The first kappa shape index (κ1) is 14.8. The molecule has 0 spiro atoms. The smallest absolute Gasteiger partial charge is 0.181 e. The van der Waals surface area contributed by atoms with E-state index in [0.717, 1.165) is 18.9 Å². The van der Waals surface area contributed by atoms with Crippen LogP contribution in [0, 0.1) is 0 Å². The molecule has 1 saturated heterocycles. The van der Waals surface area contributed by atoms with Crippen molar-refractivity contribution >= 4 is 11.5 Å². The molecule has 7 heteroatoms. The first-order chi connectivity index (χ1) is 10.3. The van der Waals surface area contributed by atoms with E-state index in [2.05, 4.69) is 47.7 Å². The minimum absolute atomic E-state index is 0.273. The molecule has 2 N–H and O–H groups in total. The quantitative estimate of drug-likeness (QED) is 0.908. The van der Waals surface area contributed by atoms with Crippen LogP contribution in [0.15, 0.2) is 24.8 Å². The molecule has 0 saturated carbocycles. The molecule has 118 valence electrons. The van der Waals surface area contributed by atoms with Gasteiger partial charge in [-0.2, -0.15) is 5.10 Å². The number of nitrogens with two attached hydrogens (primary N) is 1. The lowest BCUT2D eigenvalue weighted by Gasteiger charge is -2.47. The summed E-state index contributed by atoms with van der Waals surface area (Å²) >= 11 is 0. The number of nitrogens with zero attached hydrogens (tertiary/aromatic N) is 5. The van der Waals surface area contributed by atoms with E-state index in [0.29, 0.717) is 11.5 Å². The maximum absolute atomic E-state index is 6.31. The van der Waals surface area contributed by atoms with Gasteiger partial charge < -0.3 is 15.4 Å². The Kier molecular flexibility index (Phi) is 3.32. The average molecular weight is 302 g/mol. The highest BCUT2D eigenvalue weighted by Crippen LogP contribution is 2.33. The predicted octanol–water partition coefficient (Wildman–Crippen LogP) is 1.64. The molecular formula is C15H22N6O. The zero-order valence-corrected chi connectivity index (χ0v) is 13.4. The van der Waals surface area contributed by atoms with Gasteiger partial charge in [-0.1, -0.05) is 0 Å². The highest BCUT2D eigenvalue weighted by atomic mass is 16.5. The van der Waals surface area contributed by atoms with Crippen LogP contribution < -0.4 is 10.6 Å². The molecule has 1 fully saturated rings. The Morgan fingerprint density at radius 1 is 1.09 bits per heavy atom. The van der Waals surface area contributed by atoms with Crippen LogP contribution in [0.2, 0.25) is 0 Å². The Labute approximate surface area is 130 Å². The van der Waals surface area contributed by atoms with Gasteiger partial charge in [0.2, 0.25) is 0 Å². The summed E-state index contributed by atoms with van der Waals surface area (Å²) < 4.78 is 7.76. The number of rotatable bonds is 2. The fraction of sp³-hybridized carbons (Fsp3) is 0.533. The third-order valence-corrected chi connectivity index (χ3v) is 3.56. The number of hydrogen-bond acceptors (Lipinski definition) is 6. The largest absolute Gasteiger partial charge is 0.393 e. The summed E-state index contributed by atoms with van der Waals surface area (Å²) in [6.45, 7) is 9.74. The van der Waals surface area contributed by atoms with Crippen molar-refractivity contribution < 1.29 is 4.74 Å². The predicted molar refractivity (Wildman–Crippen MR) is 85.0 cm³/mol. The van der Waals surface area contributed by atoms with E-state index in [1.807, 2.05) is 12.3 Å². The van der Waals surface area contributed by atoms with E-state index < -0.39 is 0 Å². The van der Waals surface area contributed by atoms with E-state index in [4.69, 9.17) is 10.5 Å². The first-order valence-electron chi connectivity index (χ1n) is 7.33. The Bertz CT molecular complexity index is 649. The van der Waals surface area contributed by atoms with Gasteiger partial charge in [0.1, 0.15) is 12.0 Å².